The van der Waals surface area contributed by atoms with Crippen molar-refractivity contribution in [2.75, 3.05) is 13.2 Å². The maximum Gasteiger partial charge on any atom is 0.241 e. The van der Waals surface area contributed by atoms with Gasteiger partial charge in [0.05, 0.1) is 11.4 Å². The van der Waals surface area contributed by atoms with E-state index in [9.17, 15) is 12.8 Å². The second kappa shape index (κ2) is 8.11. The van der Waals surface area contributed by atoms with Crippen molar-refractivity contribution in [1.29, 1.82) is 0 Å². The maximum atomic E-state index is 13.3. The van der Waals surface area contributed by atoms with Gasteiger partial charge in [0.1, 0.15) is 6.61 Å². The fourth-order valence-electron chi connectivity index (χ4n) is 1.62. The largest absolute Gasteiger partial charge is 0.478 e. The number of ether oxygens (including phenoxy) is 1. The van der Waals surface area contributed by atoms with E-state index in [1.807, 2.05) is 0 Å². The first-order chi connectivity index (χ1) is 11.0. The van der Waals surface area contributed by atoms with E-state index in [-0.39, 0.29) is 23.8 Å². The molecule has 0 unspecified atom stereocenters. The second-order valence-electron chi connectivity index (χ2n) is 4.35. The molecule has 0 aliphatic heterocycles. The molecule has 0 atom stereocenters. The van der Waals surface area contributed by atoms with Crippen LogP contribution in [0.4, 0.5) is 4.39 Å². The van der Waals surface area contributed by atoms with Gasteiger partial charge in [-0.25, -0.2) is 12.8 Å². The Balaban J connectivity index is 1.83. The zero-order valence-corrected chi connectivity index (χ0v) is 14.3. The monoisotopic (exact) mass is 397 g/mol. The van der Waals surface area contributed by atoms with Gasteiger partial charge in [0.2, 0.25) is 10.0 Å². The van der Waals surface area contributed by atoms with Crippen LogP contribution in [0.5, 0.6) is 5.75 Å². The van der Waals surface area contributed by atoms with Crippen LogP contribution in [-0.4, -0.2) is 21.6 Å². The summed E-state index contributed by atoms with van der Waals surface area (Å²) in [6, 6.07) is 12.2. The van der Waals surface area contributed by atoms with Crippen LogP contribution in [0.25, 0.3) is 0 Å². The quantitative estimate of drug-likeness (QED) is 0.789. The van der Waals surface area contributed by atoms with Crippen molar-refractivity contribution in [3.05, 3.63) is 58.8 Å². The summed E-state index contributed by atoms with van der Waals surface area (Å²) in [5.41, 5.74) is 0. The summed E-state index contributed by atoms with van der Waals surface area (Å²) in [4.78, 5) is 0.158. The third-order valence-corrected chi connectivity index (χ3v) is 4.68. The smallest absolute Gasteiger partial charge is 0.241 e. The Bertz CT molecular complexity index is 826. The number of para-hydroxylation sites is 1. The fourth-order valence-corrected chi connectivity index (χ4v) is 2.80. The molecule has 23 heavy (non-hydrogen) atoms. The molecule has 0 fully saturated rings. The highest BCUT2D eigenvalue weighted by Crippen LogP contribution is 2.15. The molecule has 4 nitrogen and oxygen atoms in total. The van der Waals surface area contributed by atoms with Gasteiger partial charge in [-0.05, 0) is 36.4 Å². The summed E-state index contributed by atoms with van der Waals surface area (Å²) in [5.74, 6) is 4.88. The summed E-state index contributed by atoms with van der Waals surface area (Å²) in [5, 5.41) is 0. The standard InChI is InChI=1S/C16H13BrFNO3S/c17-13-7-9-14(10-8-13)23(20,21)19-11-3-4-12-22-16-6-2-1-5-15(16)18/h1-2,5-10,19H,11-12H2. The number of nitrogens with one attached hydrogen (secondary N) is 1. The molecule has 0 saturated heterocycles. The Kier molecular flexibility index (Phi) is 6.16. The normalized spacial score (nSPS) is 10.7. The van der Waals surface area contributed by atoms with Crippen molar-refractivity contribution in [1.82, 2.24) is 4.72 Å². The number of rotatable bonds is 5. The average Bonchev–Trinajstić information content (AvgIpc) is 2.52. The summed E-state index contributed by atoms with van der Waals surface area (Å²) < 4.78 is 45.5. The molecular weight excluding hydrogens is 385 g/mol. The lowest BCUT2D eigenvalue weighted by atomic mass is 10.3. The zero-order valence-electron chi connectivity index (χ0n) is 11.9. The highest BCUT2D eigenvalue weighted by molar-refractivity contribution is 9.10. The van der Waals surface area contributed by atoms with E-state index in [0.29, 0.717) is 0 Å². The molecule has 2 aromatic rings. The van der Waals surface area contributed by atoms with Gasteiger partial charge in [0.15, 0.2) is 11.6 Å². The van der Waals surface area contributed by atoms with Crippen LogP contribution in [0.3, 0.4) is 0 Å². The van der Waals surface area contributed by atoms with Gasteiger partial charge >= 0.3 is 0 Å². The van der Waals surface area contributed by atoms with Gasteiger partial charge < -0.3 is 4.74 Å². The molecule has 2 aromatic carbocycles. The molecule has 0 aliphatic rings. The maximum absolute atomic E-state index is 13.3. The zero-order chi connectivity index (χ0) is 16.7. The van der Waals surface area contributed by atoms with Gasteiger partial charge in [-0.2, -0.15) is 4.72 Å². The van der Waals surface area contributed by atoms with E-state index in [4.69, 9.17) is 4.74 Å². The summed E-state index contributed by atoms with van der Waals surface area (Å²) in [6.07, 6.45) is 0. The van der Waals surface area contributed by atoms with E-state index < -0.39 is 15.8 Å². The average molecular weight is 398 g/mol. The van der Waals surface area contributed by atoms with Gasteiger partial charge in [-0.3, -0.25) is 0 Å². The second-order valence-corrected chi connectivity index (χ2v) is 7.03. The van der Waals surface area contributed by atoms with Crippen molar-refractivity contribution >= 4 is 26.0 Å². The lowest BCUT2D eigenvalue weighted by molar-refractivity contribution is 0.348. The Morgan fingerprint density at radius 3 is 2.48 bits per heavy atom. The molecule has 0 bridgehead atoms. The van der Waals surface area contributed by atoms with Crippen molar-refractivity contribution in [3.8, 4) is 17.6 Å². The highest BCUT2D eigenvalue weighted by Gasteiger charge is 2.11. The minimum Gasteiger partial charge on any atom is -0.478 e. The molecule has 120 valence electrons. The fraction of sp³-hybridized carbons (Fsp3) is 0.125. The van der Waals surface area contributed by atoms with Crippen LogP contribution in [0.15, 0.2) is 57.9 Å². The molecule has 0 radical (unpaired) electrons. The van der Waals surface area contributed by atoms with Crippen LogP contribution in [-0.2, 0) is 10.0 Å². The molecule has 0 aromatic heterocycles. The van der Waals surface area contributed by atoms with Crippen molar-refractivity contribution in [2.45, 2.75) is 4.90 Å². The Morgan fingerprint density at radius 1 is 1.09 bits per heavy atom. The van der Waals surface area contributed by atoms with Gasteiger partial charge in [0, 0.05) is 4.47 Å². The van der Waals surface area contributed by atoms with Gasteiger partial charge in [-0.15, -0.1) is 0 Å². The van der Waals surface area contributed by atoms with E-state index in [1.165, 1.54) is 24.3 Å². The van der Waals surface area contributed by atoms with Crippen LogP contribution in [0, 0.1) is 17.7 Å². The summed E-state index contributed by atoms with van der Waals surface area (Å²) >= 11 is 3.24. The molecule has 2 rings (SSSR count). The Hall–Kier alpha value is -1.88. The first-order valence-corrected chi connectivity index (χ1v) is 8.85. The molecule has 7 heteroatoms. The number of hydrogen-bond acceptors (Lipinski definition) is 3. The molecule has 0 aliphatic carbocycles. The predicted molar refractivity (Wildman–Crippen MR) is 89.0 cm³/mol. The molecule has 0 heterocycles. The number of hydrogen-bond donors (Lipinski definition) is 1. The van der Waals surface area contributed by atoms with E-state index >= 15 is 0 Å². The van der Waals surface area contributed by atoms with Gasteiger partial charge in [0.25, 0.3) is 0 Å². The molecule has 0 amide bonds. The third kappa shape index (κ3) is 5.36. The molecule has 0 spiro atoms. The topological polar surface area (TPSA) is 55.4 Å². The Labute approximate surface area is 142 Å². The van der Waals surface area contributed by atoms with Crippen molar-refractivity contribution in [2.24, 2.45) is 0 Å². The van der Waals surface area contributed by atoms with Crippen LogP contribution in [0.2, 0.25) is 0 Å². The van der Waals surface area contributed by atoms with Crippen LogP contribution >= 0.6 is 15.9 Å². The highest BCUT2D eigenvalue weighted by atomic mass is 79.9. The van der Waals surface area contributed by atoms with E-state index in [2.05, 4.69) is 32.5 Å². The number of halogens is 2. The lowest BCUT2D eigenvalue weighted by Crippen LogP contribution is -2.24. The predicted octanol–water partition coefficient (Wildman–Crippen LogP) is 2.95. The SMILES string of the molecule is O=S(=O)(NCC#CCOc1ccccc1F)c1ccc(Br)cc1. The summed E-state index contributed by atoms with van der Waals surface area (Å²) in [6.45, 7) is -0.0834. The van der Waals surface area contributed by atoms with Crippen molar-refractivity contribution in [3.63, 3.8) is 0 Å². The minimum absolute atomic E-state index is 0.0268. The first kappa shape index (κ1) is 17.5. The third-order valence-electron chi connectivity index (χ3n) is 2.74. The molecular formula is C16H13BrFNO3S. The lowest BCUT2D eigenvalue weighted by Gasteiger charge is -2.04. The summed E-state index contributed by atoms with van der Waals surface area (Å²) in [7, 11) is -3.60. The Morgan fingerprint density at radius 2 is 1.78 bits per heavy atom. The van der Waals surface area contributed by atoms with Crippen LogP contribution in [0.1, 0.15) is 0 Å². The molecule has 0 saturated carbocycles. The van der Waals surface area contributed by atoms with Gasteiger partial charge in [-0.1, -0.05) is 39.9 Å². The first-order valence-electron chi connectivity index (χ1n) is 6.57. The number of benzene rings is 2. The molecule has 1 N–H and O–H groups in total. The van der Waals surface area contributed by atoms with E-state index in [0.717, 1.165) is 4.47 Å². The minimum atomic E-state index is -3.60. The van der Waals surface area contributed by atoms with Crippen LogP contribution < -0.4 is 9.46 Å². The van der Waals surface area contributed by atoms with Crippen molar-refractivity contribution < 1.29 is 17.5 Å². The van der Waals surface area contributed by atoms with E-state index in [1.54, 1.807) is 24.3 Å². The number of sulfonamides is 1.